The molecule has 0 spiro atoms. The molecule has 90 valence electrons. The van der Waals surface area contributed by atoms with Gasteiger partial charge in [-0.05, 0) is 12.8 Å². The van der Waals surface area contributed by atoms with Gasteiger partial charge in [-0.1, -0.05) is 20.3 Å². The van der Waals surface area contributed by atoms with E-state index in [0.717, 1.165) is 25.8 Å². The zero-order valence-corrected chi connectivity index (χ0v) is 9.91. The molecule has 0 heterocycles. The predicted octanol–water partition coefficient (Wildman–Crippen LogP) is 0.592. The molecule has 15 heavy (non-hydrogen) atoms. The number of rotatable bonds is 8. The van der Waals surface area contributed by atoms with E-state index in [4.69, 9.17) is 10.8 Å². The molecule has 0 saturated carbocycles. The molecule has 0 aliphatic rings. The molecule has 1 unspecified atom stereocenters. The van der Waals surface area contributed by atoms with Crippen LogP contribution in [0.1, 0.15) is 33.1 Å². The average Bonchev–Trinajstić information content (AvgIpc) is 2.25. The highest BCUT2D eigenvalue weighted by Gasteiger charge is 2.20. The summed E-state index contributed by atoms with van der Waals surface area (Å²) in [5, 5.41) is 8.89. The van der Waals surface area contributed by atoms with Crippen LogP contribution in [0.15, 0.2) is 0 Å². The van der Waals surface area contributed by atoms with Crippen molar-refractivity contribution < 1.29 is 9.90 Å². The van der Waals surface area contributed by atoms with E-state index in [9.17, 15) is 4.79 Å². The van der Waals surface area contributed by atoms with Gasteiger partial charge in [0.2, 0.25) is 5.91 Å². The number of carbonyl (C=O) groups excluding carboxylic acids is 1. The molecule has 0 bridgehead atoms. The Kier molecular flexibility index (Phi) is 8.33. The Hall–Kier alpha value is -0.610. The molecule has 0 aromatic carbocycles. The lowest BCUT2D eigenvalue weighted by Crippen LogP contribution is -2.41. The van der Waals surface area contributed by atoms with Crippen LogP contribution in [0, 0.1) is 5.92 Å². The van der Waals surface area contributed by atoms with Crippen LogP contribution in [-0.4, -0.2) is 42.2 Å². The number of hydrogen-bond donors (Lipinski definition) is 2. The lowest BCUT2D eigenvalue weighted by atomic mass is 10.1. The van der Waals surface area contributed by atoms with Crippen molar-refractivity contribution in [2.45, 2.75) is 33.1 Å². The fourth-order valence-electron chi connectivity index (χ4n) is 1.50. The molecule has 0 rings (SSSR count). The molecule has 0 aromatic rings. The van der Waals surface area contributed by atoms with Crippen LogP contribution >= 0.6 is 0 Å². The molecule has 0 fully saturated rings. The number of unbranched alkanes of at least 4 members (excludes halogenated alkanes) is 1. The molecular weight excluding hydrogens is 192 g/mol. The van der Waals surface area contributed by atoms with E-state index >= 15 is 0 Å². The first kappa shape index (κ1) is 14.4. The highest BCUT2D eigenvalue weighted by molar-refractivity contribution is 5.79. The van der Waals surface area contributed by atoms with Gasteiger partial charge in [-0.3, -0.25) is 4.79 Å². The highest BCUT2D eigenvalue weighted by atomic mass is 16.3. The number of aliphatic hydroxyl groups is 1. The van der Waals surface area contributed by atoms with Gasteiger partial charge in [0.1, 0.15) is 0 Å². The summed E-state index contributed by atoms with van der Waals surface area (Å²) in [6, 6.07) is 0. The van der Waals surface area contributed by atoms with Gasteiger partial charge in [0.05, 0.1) is 12.5 Å². The van der Waals surface area contributed by atoms with Crippen LogP contribution in [0.2, 0.25) is 0 Å². The Morgan fingerprint density at radius 2 is 2.07 bits per heavy atom. The summed E-state index contributed by atoms with van der Waals surface area (Å²) < 4.78 is 0. The molecule has 4 heteroatoms. The van der Waals surface area contributed by atoms with Crippen LogP contribution < -0.4 is 5.73 Å². The van der Waals surface area contributed by atoms with Crippen molar-refractivity contribution in [3.63, 3.8) is 0 Å². The number of carbonyl (C=O) groups is 1. The third-order valence-electron chi connectivity index (χ3n) is 2.59. The number of nitrogens with two attached hydrogens (primary N) is 1. The molecule has 0 radical (unpaired) electrons. The van der Waals surface area contributed by atoms with Crippen molar-refractivity contribution in [1.29, 1.82) is 0 Å². The van der Waals surface area contributed by atoms with Crippen LogP contribution in [0.4, 0.5) is 0 Å². The van der Waals surface area contributed by atoms with Gasteiger partial charge in [0, 0.05) is 19.6 Å². The second-order valence-electron chi connectivity index (χ2n) is 3.74. The van der Waals surface area contributed by atoms with Gasteiger partial charge in [-0.25, -0.2) is 0 Å². The van der Waals surface area contributed by atoms with Crippen LogP contribution in [-0.2, 0) is 4.79 Å². The summed E-state index contributed by atoms with van der Waals surface area (Å²) in [5.41, 5.74) is 5.54. The smallest absolute Gasteiger partial charge is 0.227 e. The second kappa shape index (κ2) is 8.68. The number of amides is 1. The topological polar surface area (TPSA) is 66.6 Å². The Balaban J connectivity index is 4.24. The minimum Gasteiger partial charge on any atom is -0.395 e. The van der Waals surface area contributed by atoms with Crippen molar-refractivity contribution in [2.75, 3.05) is 26.2 Å². The molecule has 0 aliphatic carbocycles. The molecule has 4 nitrogen and oxygen atoms in total. The highest BCUT2D eigenvalue weighted by Crippen LogP contribution is 2.07. The fraction of sp³-hybridized carbons (Fsp3) is 0.909. The van der Waals surface area contributed by atoms with Crippen LogP contribution in [0.25, 0.3) is 0 Å². The number of nitrogens with zero attached hydrogens (tertiary/aromatic N) is 1. The lowest BCUT2D eigenvalue weighted by Gasteiger charge is -2.25. The SMILES string of the molecule is CCCCN(CCO)C(=O)C(CC)CN. The van der Waals surface area contributed by atoms with Gasteiger partial charge in [0.15, 0.2) is 0 Å². The van der Waals surface area contributed by atoms with E-state index in [2.05, 4.69) is 6.92 Å². The Bertz CT molecular complexity index is 170. The maximum atomic E-state index is 11.9. The van der Waals surface area contributed by atoms with E-state index in [-0.39, 0.29) is 18.4 Å². The normalized spacial score (nSPS) is 12.5. The standard InChI is InChI=1S/C11H24N2O2/c1-3-5-6-13(7-8-14)11(15)10(4-2)9-12/h10,14H,3-9,12H2,1-2H3. The quantitative estimate of drug-likeness (QED) is 0.624. The molecule has 0 aromatic heterocycles. The van der Waals surface area contributed by atoms with Crippen molar-refractivity contribution in [2.24, 2.45) is 11.7 Å². The Morgan fingerprint density at radius 3 is 2.47 bits per heavy atom. The Labute approximate surface area is 92.4 Å². The van der Waals surface area contributed by atoms with Gasteiger partial charge in [-0.15, -0.1) is 0 Å². The third kappa shape index (κ3) is 5.14. The van der Waals surface area contributed by atoms with E-state index in [1.165, 1.54) is 0 Å². The van der Waals surface area contributed by atoms with Crippen molar-refractivity contribution >= 4 is 5.91 Å². The van der Waals surface area contributed by atoms with Gasteiger partial charge < -0.3 is 15.7 Å². The monoisotopic (exact) mass is 216 g/mol. The van der Waals surface area contributed by atoms with Crippen molar-refractivity contribution in [3.8, 4) is 0 Å². The summed E-state index contributed by atoms with van der Waals surface area (Å²) in [6.07, 6.45) is 2.80. The van der Waals surface area contributed by atoms with E-state index in [1.807, 2.05) is 6.92 Å². The molecule has 3 N–H and O–H groups in total. The minimum atomic E-state index is -0.0894. The first-order chi connectivity index (χ1) is 7.21. The first-order valence-corrected chi connectivity index (χ1v) is 5.80. The summed E-state index contributed by atoms with van der Waals surface area (Å²) in [7, 11) is 0. The van der Waals surface area contributed by atoms with E-state index in [0.29, 0.717) is 13.1 Å². The van der Waals surface area contributed by atoms with Crippen molar-refractivity contribution in [3.05, 3.63) is 0 Å². The third-order valence-corrected chi connectivity index (χ3v) is 2.59. The second-order valence-corrected chi connectivity index (χ2v) is 3.74. The molecule has 0 aliphatic heterocycles. The minimum absolute atomic E-state index is 0.0243. The molecule has 0 saturated heterocycles. The van der Waals surface area contributed by atoms with E-state index in [1.54, 1.807) is 4.90 Å². The lowest BCUT2D eigenvalue weighted by molar-refractivity contribution is -0.135. The van der Waals surface area contributed by atoms with Gasteiger partial charge >= 0.3 is 0 Å². The van der Waals surface area contributed by atoms with Crippen LogP contribution in [0.5, 0.6) is 0 Å². The average molecular weight is 216 g/mol. The largest absolute Gasteiger partial charge is 0.395 e. The summed E-state index contributed by atoms with van der Waals surface area (Å²) in [6.45, 7) is 5.62. The van der Waals surface area contributed by atoms with Crippen LogP contribution in [0.3, 0.4) is 0 Å². The van der Waals surface area contributed by atoms with Crippen molar-refractivity contribution in [1.82, 2.24) is 4.90 Å². The fourth-order valence-corrected chi connectivity index (χ4v) is 1.50. The zero-order valence-electron chi connectivity index (χ0n) is 9.91. The number of hydrogen-bond acceptors (Lipinski definition) is 3. The van der Waals surface area contributed by atoms with Gasteiger partial charge in [-0.2, -0.15) is 0 Å². The summed E-state index contributed by atoms with van der Waals surface area (Å²) in [5.74, 6) is -0.00379. The maximum absolute atomic E-state index is 11.9. The molecular formula is C11H24N2O2. The molecule has 1 atom stereocenters. The molecule has 1 amide bonds. The number of aliphatic hydroxyl groups excluding tert-OH is 1. The van der Waals surface area contributed by atoms with Gasteiger partial charge in [0.25, 0.3) is 0 Å². The summed E-state index contributed by atoms with van der Waals surface area (Å²) in [4.78, 5) is 13.7. The Morgan fingerprint density at radius 1 is 1.40 bits per heavy atom. The maximum Gasteiger partial charge on any atom is 0.227 e. The van der Waals surface area contributed by atoms with E-state index < -0.39 is 0 Å². The summed E-state index contributed by atoms with van der Waals surface area (Å²) >= 11 is 0. The first-order valence-electron chi connectivity index (χ1n) is 5.80. The predicted molar refractivity (Wildman–Crippen MR) is 61.4 cm³/mol. The zero-order chi connectivity index (χ0) is 11.7.